The minimum atomic E-state index is -0.851. The molecule has 1 aromatic rings. The maximum Gasteiger partial charge on any atom is 0.134 e. The predicted molar refractivity (Wildman–Crippen MR) is 105 cm³/mol. The summed E-state index contributed by atoms with van der Waals surface area (Å²) >= 11 is 0. The highest BCUT2D eigenvalue weighted by Crippen LogP contribution is 2.39. The third-order valence-corrected chi connectivity index (χ3v) is 5.92. The van der Waals surface area contributed by atoms with E-state index < -0.39 is 6.17 Å². The van der Waals surface area contributed by atoms with Crippen LogP contribution in [-0.4, -0.2) is 12.8 Å². The molecule has 1 aliphatic carbocycles. The molecule has 1 aliphatic rings. The van der Waals surface area contributed by atoms with Gasteiger partial charge in [0.25, 0.3) is 0 Å². The third kappa shape index (κ3) is 7.38. The van der Waals surface area contributed by atoms with Crippen LogP contribution in [0, 0.1) is 17.8 Å². The summed E-state index contributed by atoms with van der Waals surface area (Å²) < 4.78 is 20.2. The molecule has 1 fully saturated rings. The average Bonchev–Trinajstić information content (AvgIpc) is 2.65. The zero-order valence-corrected chi connectivity index (χ0v) is 16.3. The van der Waals surface area contributed by atoms with Crippen LogP contribution in [0.5, 0.6) is 5.75 Å². The minimum Gasteiger partial charge on any atom is -0.491 e. The van der Waals surface area contributed by atoms with Gasteiger partial charge in [-0.25, -0.2) is 4.39 Å². The number of ether oxygens (including phenoxy) is 1. The van der Waals surface area contributed by atoms with Crippen molar-refractivity contribution in [3.8, 4) is 5.75 Å². The lowest BCUT2D eigenvalue weighted by Crippen LogP contribution is -2.26. The summed E-state index contributed by atoms with van der Waals surface area (Å²) in [5, 5.41) is 0. The second-order valence-corrected chi connectivity index (χ2v) is 7.93. The lowest BCUT2D eigenvalue weighted by Gasteiger charge is -2.34. The molecule has 0 heterocycles. The van der Waals surface area contributed by atoms with Crippen LogP contribution in [0.1, 0.15) is 78.1 Å². The Morgan fingerprint density at radius 1 is 1.04 bits per heavy atom. The molecule has 25 heavy (non-hydrogen) atoms. The van der Waals surface area contributed by atoms with E-state index in [1.54, 1.807) is 0 Å². The molecule has 2 heteroatoms. The van der Waals surface area contributed by atoms with E-state index in [9.17, 15) is 4.39 Å². The first kappa shape index (κ1) is 20.3. The van der Waals surface area contributed by atoms with E-state index in [-0.39, 0.29) is 6.61 Å². The quantitative estimate of drug-likeness (QED) is 0.410. The van der Waals surface area contributed by atoms with E-state index in [1.165, 1.54) is 57.8 Å². The van der Waals surface area contributed by atoms with Crippen molar-refractivity contribution in [2.75, 3.05) is 6.61 Å². The second-order valence-electron chi connectivity index (χ2n) is 7.93. The van der Waals surface area contributed by atoms with E-state index in [0.717, 1.165) is 17.6 Å². The van der Waals surface area contributed by atoms with Gasteiger partial charge in [-0.05, 0) is 49.1 Å². The highest BCUT2D eigenvalue weighted by Gasteiger charge is 2.29. The molecular weight excluding hydrogens is 311 g/mol. The Morgan fingerprint density at radius 2 is 1.76 bits per heavy atom. The van der Waals surface area contributed by atoms with Gasteiger partial charge in [-0.3, -0.25) is 0 Å². The molecule has 0 radical (unpaired) electrons. The molecule has 1 aromatic carbocycles. The van der Waals surface area contributed by atoms with E-state index in [4.69, 9.17) is 4.74 Å². The van der Waals surface area contributed by atoms with Crippen molar-refractivity contribution in [1.82, 2.24) is 0 Å². The van der Waals surface area contributed by atoms with Crippen molar-refractivity contribution in [2.45, 2.75) is 84.2 Å². The van der Waals surface area contributed by atoms with E-state index >= 15 is 0 Å². The average molecular weight is 349 g/mol. The topological polar surface area (TPSA) is 9.23 Å². The summed E-state index contributed by atoms with van der Waals surface area (Å²) in [4.78, 5) is 0. The molecule has 1 nitrogen and oxygen atoms in total. The van der Waals surface area contributed by atoms with Crippen LogP contribution in [0.4, 0.5) is 4.39 Å². The van der Waals surface area contributed by atoms with Gasteiger partial charge in [0.1, 0.15) is 18.5 Å². The Hall–Kier alpha value is -1.05. The molecule has 2 rings (SSSR count). The molecule has 2 atom stereocenters. The number of hydrogen-bond acceptors (Lipinski definition) is 1. The van der Waals surface area contributed by atoms with E-state index in [1.807, 2.05) is 30.3 Å². The van der Waals surface area contributed by atoms with Crippen molar-refractivity contribution in [3.05, 3.63) is 30.3 Å². The lowest BCUT2D eigenvalue weighted by atomic mass is 9.72. The Labute approximate surface area is 154 Å². The van der Waals surface area contributed by atoms with Crippen LogP contribution in [0.3, 0.4) is 0 Å². The van der Waals surface area contributed by atoms with Crippen LogP contribution < -0.4 is 4.74 Å². The molecule has 142 valence electrons. The number of rotatable bonds is 11. The first-order valence-corrected chi connectivity index (χ1v) is 10.5. The summed E-state index contributed by atoms with van der Waals surface area (Å²) in [7, 11) is 0. The Morgan fingerprint density at radius 3 is 2.40 bits per heavy atom. The number of alkyl halides is 1. The largest absolute Gasteiger partial charge is 0.491 e. The number of para-hydroxylation sites is 1. The fourth-order valence-corrected chi connectivity index (χ4v) is 4.47. The van der Waals surface area contributed by atoms with Gasteiger partial charge < -0.3 is 4.74 Å². The fraction of sp³-hybridized carbons (Fsp3) is 0.739. The van der Waals surface area contributed by atoms with Crippen molar-refractivity contribution in [2.24, 2.45) is 17.8 Å². The van der Waals surface area contributed by atoms with Crippen LogP contribution in [0.25, 0.3) is 0 Å². The SMILES string of the molecule is CCCCC(CC(F)COc1ccccc1)C1CCC(CCC)CC1. The van der Waals surface area contributed by atoms with Gasteiger partial charge in [0, 0.05) is 0 Å². The maximum atomic E-state index is 14.6. The highest BCUT2D eigenvalue weighted by molar-refractivity contribution is 5.20. The normalized spacial score (nSPS) is 23.2. The Bertz CT molecular complexity index is 439. The first-order valence-electron chi connectivity index (χ1n) is 10.5. The molecule has 0 bridgehead atoms. The summed E-state index contributed by atoms with van der Waals surface area (Å²) in [6.45, 7) is 4.72. The number of hydrogen-bond donors (Lipinski definition) is 0. The molecule has 0 aliphatic heterocycles. The lowest BCUT2D eigenvalue weighted by molar-refractivity contribution is 0.119. The van der Waals surface area contributed by atoms with Crippen LogP contribution >= 0.6 is 0 Å². The fourth-order valence-electron chi connectivity index (χ4n) is 4.47. The van der Waals surface area contributed by atoms with Crippen molar-refractivity contribution >= 4 is 0 Å². The standard InChI is InChI=1S/C23H37FO/c1-3-5-10-21(20-15-13-19(9-4-2)14-16-20)17-22(24)18-25-23-11-7-6-8-12-23/h6-8,11-12,19-22H,3-5,9-10,13-18H2,1-2H3. The van der Waals surface area contributed by atoms with Crippen molar-refractivity contribution in [1.29, 1.82) is 0 Å². The zero-order chi connectivity index (χ0) is 17.9. The monoisotopic (exact) mass is 348 g/mol. The van der Waals surface area contributed by atoms with E-state index in [2.05, 4.69) is 13.8 Å². The molecule has 1 saturated carbocycles. The van der Waals surface area contributed by atoms with Gasteiger partial charge in [0.15, 0.2) is 0 Å². The molecular formula is C23H37FO. The van der Waals surface area contributed by atoms with Gasteiger partial charge >= 0.3 is 0 Å². The molecule has 0 N–H and O–H groups in total. The van der Waals surface area contributed by atoms with Crippen LogP contribution in [0.15, 0.2) is 30.3 Å². The van der Waals surface area contributed by atoms with Crippen molar-refractivity contribution in [3.63, 3.8) is 0 Å². The van der Waals surface area contributed by atoms with Crippen LogP contribution in [0.2, 0.25) is 0 Å². The molecule has 0 amide bonds. The van der Waals surface area contributed by atoms with Gasteiger partial charge in [0.05, 0.1) is 0 Å². The van der Waals surface area contributed by atoms with Gasteiger partial charge in [-0.1, -0.05) is 77.0 Å². The highest BCUT2D eigenvalue weighted by atomic mass is 19.1. The zero-order valence-electron chi connectivity index (χ0n) is 16.3. The second kappa shape index (κ2) is 11.5. The summed E-state index contributed by atoms with van der Waals surface area (Å²) in [6.07, 6.45) is 11.5. The Kier molecular flexibility index (Phi) is 9.36. The molecule has 0 spiro atoms. The summed E-state index contributed by atoms with van der Waals surface area (Å²) in [5.74, 6) is 2.97. The van der Waals surface area contributed by atoms with E-state index in [0.29, 0.717) is 12.3 Å². The van der Waals surface area contributed by atoms with Gasteiger partial charge in [0.2, 0.25) is 0 Å². The minimum absolute atomic E-state index is 0.192. The Balaban J connectivity index is 1.80. The van der Waals surface area contributed by atoms with Crippen LogP contribution in [-0.2, 0) is 0 Å². The predicted octanol–water partition coefficient (Wildman–Crippen LogP) is 7.21. The summed E-state index contributed by atoms with van der Waals surface area (Å²) in [6, 6.07) is 9.62. The molecule has 2 unspecified atom stereocenters. The maximum absolute atomic E-state index is 14.6. The van der Waals surface area contributed by atoms with Gasteiger partial charge in [-0.15, -0.1) is 0 Å². The number of unbranched alkanes of at least 4 members (excludes halogenated alkanes) is 1. The third-order valence-electron chi connectivity index (χ3n) is 5.92. The number of halogens is 1. The number of benzene rings is 1. The van der Waals surface area contributed by atoms with Crippen molar-refractivity contribution < 1.29 is 9.13 Å². The first-order chi connectivity index (χ1) is 12.2. The van der Waals surface area contributed by atoms with Gasteiger partial charge in [-0.2, -0.15) is 0 Å². The molecule has 0 aromatic heterocycles. The summed E-state index contributed by atoms with van der Waals surface area (Å²) in [5.41, 5.74) is 0. The smallest absolute Gasteiger partial charge is 0.134 e. The molecule has 0 saturated heterocycles.